The summed E-state index contributed by atoms with van der Waals surface area (Å²) in [6.07, 6.45) is 1.92. The van der Waals surface area contributed by atoms with Crippen LogP contribution in [0.2, 0.25) is 0 Å². The van der Waals surface area contributed by atoms with E-state index >= 15 is 0 Å². The number of carbonyl (C=O) groups excluding carboxylic acids is 1. The molecule has 1 aromatic heterocycles. The zero-order valence-electron chi connectivity index (χ0n) is 15.2. The first-order valence-electron chi connectivity index (χ1n) is 8.51. The molecular weight excluding hydrogens is 471 g/mol. The van der Waals surface area contributed by atoms with Gasteiger partial charge in [0.2, 0.25) is 11.9 Å². The zero-order valence-corrected chi connectivity index (χ0v) is 17.4. The number of nitrogens with zero attached hydrogens (tertiary/aromatic N) is 2. The molecule has 1 aliphatic heterocycles. The third kappa shape index (κ3) is 3.72. The molecule has 28 heavy (non-hydrogen) atoms. The van der Waals surface area contributed by atoms with Gasteiger partial charge >= 0.3 is 0 Å². The van der Waals surface area contributed by atoms with Gasteiger partial charge in [-0.1, -0.05) is 0 Å². The Labute approximate surface area is 175 Å². The monoisotopic (exact) mass is 488 g/mol. The molecule has 0 unspecified atom stereocenters. The third-order valence-corrected chi connectivity index (χ3v) is 5.00. The SMILES string of the molecule is COc1cc(Nc2ncc3c(n2)-c2ccc(I)cc2NC(=O)C3)cc(OC)c1. The van der Waals surface area contributed by atoms with Crippen LogP contribution in [-0.2, 0) is 11.2 Å². The Kier molecular flexibility index (Phi) is 5.03. The summed E-state index contributed by atoms with van der Waals surface area (Å²) in [7, 11) is 3.19. The number of amides is 1. The number of anilines is 3. The molecule has 8 heteroatoms. The fraction of sp³-hybridized carbons (Fsp3) is 0.150. The highest BCUT2D eigenvalue weighted by molar-refractivity contribution is 14.1. The number of fused-ring (bicyclic) bond motifs is 3. The number of aromatic nitrogens is 2. The molecule has 0 fully saturated rings. The van der Waals surface area contributed by atoms with Crippen LogP contribution >= 0.6 is 22.6 Å². The highest BCUT2D eigenvalue weighted by Crippen LogP contribution is 2.34. The Bertz CT molecular complexity index is 1050. The second-order valence-corrected chi connectivity index (χ2v) is 7.45. The predicted molar refractivity (Wildman–Crippen MR) is 115 cm³/mol. The Morgan fingerprint density at radius 2 is 1.86 bits per heavy atom. The molecule has 2 N–H and O–H groups in total. The van der Waals surface area contributed by atoms with E-state index in [2.05, 4.69) is 43.2 Å². The predicted octanol–water partition coefficient (Wildman–Crippen LogP) is 4.00. The molecule has 1 aliphatic rings. The van der Waals surface area contributed by atoms with Crippen molar-refractivity contribution < 1.29 is 14.3 Å². The summed E-state index contributed by atoms with van der Waals surface area (Å²) in [5, 5.41) is 6.13. The number of hydrogen-bond acceptors (Lipinski definition) is 6. The average molecular weight is 488 g/mol. The molecule has 7 nitrogen and oxygen atoms in total. The number of benzene rings is 2. The largest absolute Gasteiger partial charge is 0.497 e. The van der Waals surface area contributed by atoms with Crippen molar-refractivity contribution >= 4 is 45.8 Å². The van der Waals surface area contributed by atoms with Crippen molar-refractivity contribution in [1.29, 1.82) is 0 Å². The van der Waals surface area contributed by atoms with Crippen LogP contribution in [0.1, 0.15) is 5.56 Å². The lowest BCUT2D eigenvalue weighted by atomic mass is 10.1. The number of carbonyl (C=O) groups is 1. The van der Waals surface area contributed by atoms with Crippen molar-refractivity contribution in [2.45, 2.75) is 6.42 Å². The van der Waals surface area contributed by atoms with Crippen molar-refractivity contribution in [3.63, 3.8) is 0 Å². The van der Waals surface area contributed by atoms with Gasteiger partial charge in [-0.3, -0.25) is 4.79 Å². The number of halogens is 1. The lowest BCUT2D eigenvalue weighted by molar-refractivity contribution is -0.115. The number of rotatable bonds is 4. The number of nitrogens with one attached hydrogen (secondary N) is 2. The van der Waals surface area contributed by atoms with Crippen LogP contribution in [0.5, 0.6) is 11.5 Å². The van der Waals surface area contributed by atoms with E-state index in [1.165, 1.54) is 0 Å². The van der Waals surface area contributed by atoms with Crippen LogP contribution in [0.25, 0.3) is 11.3 Å². The zero-order chi connectivity index (χ0) is 19.7. The molecule has 0 atom stereocenters. The fourth-order valence-corrected chi connectivity index (χ4v) is 3.52. The van der Waals surface area contributed by atoms with Gasteiger partial charge in [0.1, 0.15) is 11.5 Å². The normalized spacial score (nSPS) is 12.3. The first-order chi connectivity index (χ1) is 13.6. The van der Waals surface area contributed by atoms with Gasteiger partial charge in [-0.25, -0.2) is 9.97 Å². The minimum Gasteiger partial charge on any atom is -0.497 e. The molecule has 0 saturated heterocycles. The second kappa shape index (κ2) is 7.63. The van der Waals surface area contributed by atoms with Crippen molar-refractivity contribution in [2.75, 3.05) is 24.9 Å². The van der Waals surface area contributed by atoms with Crippen molar-refractivity contribution in [3.05, 3.63) is 51.7 Å². The molecule has 0 bridgehead atoms. The summed E-state index contributed by atoms with van der Waals surface area (Å²) in [5.41, 5.74) is 3.88. The highest BCUT2D eigenvalue weighted by atomic mass is 127. The number of hydrogen-bond donors (Lipinski definition) is 2. The van der Waals surface area contributed by atoms with E-state index in [1.807, 2.05) is 30.3 Å². The van der Waals surface area contributed by atoms with Gasteiger partial charge in [0, 0.05) is 44.8 Å². The molecule has 0 saturated carbocycles. The van der Waals surface area contributed by atoms with E-state index in [0.717, 1.165) is 31.8 Å². The van der Waals surface area contributed by atoms with Gasteiger partial charge in [0.25, 0.3) is 0 Å². The molecule has 0 aliphatic carbocycles. The van der Waals surface area contributed by atoms with Gasteiger partial charge in [-0.2, -0.15) is 0 Å². The molecule has 2 heterocycles. The summed E-state index contributed by atoms with van der Waals surface area (Å²) in [5.74, 6) is 1.66. The summed E-state index contributed by atoms with van der Waals surface area (Å²) < 4.78 is 11.6. The highest BCUT2D eigenvalue weighted by Gasteiger charge is 2.21. The number of ether oxygens (including phenoxy) is 2. The van der Waals surface area contributed by atoms with E-state index in [-0.39, 0.29) is 12.3 Å². The lowest BCUT2D eigenvalue weighted by Gasteiger charge is -2.12. The second-order valence-electron chi connectivity index (χ2n) is 6.21. The minimum atomic E-state index is -0.0798. The maximum absolute atomic E-state index is 12.2. The summed E-state index contributed by atoms with van der Waals surface area (Å²) >= 11 is 2.22. The van der Waals surface area contributed by atoms with Crippen molar-refractivity contribution in [1.82, 2.24) is 9.97 Å². The van der Waals surface area contributed by atoms with Gasteiger partial charge in [-0.15, -0.1) is 0 Å². The maximum atomic E-state index is 12.2. The molecule has 142 valence electrons. The van der Waals surface area contributed by atoms with E-state index in [1.54, 1.807) is 26.5 Å². The van der Waals surface area contributed by atoms with Crippen LogP contribution in [-0.4, -0.2) is 30.1 Å². The Balaban J connectivity index is 1.75. The van der Waals surface area contributed by atoms with E-state index in [4.69, 9.17) is 9.47 Å². The average Bonchev–Trinajstić information content (AvgIpc) is 2.82. The van der Waals surface area contributed by atoms with Gasteiger partial charge < -0.3 is 20.1 Å². The molecule has 2 aromatic carbocycles. The fourth-order valence-electron chi connectivity index (χ4n) is 3.03. The van der Waals surface area contributed by atoms with Crippen molar-refractivity contribution in [3.8, 4) is 22.8 Å². The van der Waals surface area contributed by atoms with Crippen LogP contribution in [0.4, 0.5) is 17.3 Å². The molecule has 0 radical (unpaired) electrons. The molecule has 0 spiro atoms. The summed E-state index contributed by atoms with van der Waals surface area (Å²) in [4.78, 5) is 21.3. The standard InChI is InChI=1S/C20H17IN4O3/c1-27-14-7-13(8-15(9-14)28-2)23-20-22-10-11-5-18(26)24-17-6-12(21)3-4-16(17)19(11)25-20/h3-4,6-10H,5H2,1-2H3,(H,24,26)(H,22,23,25). The van der Waals surface area contributed by atoms with Crippen molar-refractivity contribution in [2.24, 2.45) is 0 Å². The van der Waals surface area contributed by atoms with Gasteiger partial charge in [0.15, 0.2) is 0 Å². The van der Waals surface area contributed by atoms with Crippen LogP contribution in [0.15, 0.2) is 42.6 Å². The van der Waals surface area contributed by atoms with E-state index in [9.17, 15) is 4.79 Å². The molecule has 4 rings (SSSR count). The summed E-state index contributed by atoms with van der Waals surface area (Å²) in [6.45, 7) is 0. The first kappa shape index (κ1) is 18.5. The van der Waals surface area contributed by atoms with Gasteiger partial charge in [-0.05, 0) is 40.8 Å². The minimum absolute atomic E-state index is 0.0798. The third-order valence-electron chi connectivity index (χ3n) is 4.33. The topological polar surface area (TPSA) is 85.4 Å². The maximum Gasteiger partial charge on any atom is 0.228 e. The van der Waals surface area contributed by atoms with E-state index in [0.29, 0.717) is 17.4 Å². The quantitative estimate of drug-likeness (QED) is 0.541. The van der Waals surface area contributed by atoms with Crippen LogP contribution in [0, 0.1) is 3.57 Å². The lowest BCUT2D eigenvalue weighted by Crippen LogP contribution is -2.12. The van der Waals surface area contributed by atoms with Crippen LogP contribution < -0.4 is 20.1 Å². The van der Waals surface area contributed by atoms with E-state index < -0.39 is 0 Å². The van der Waals surface area contributed by atoms with Crippen LogP contribution in [0.3, 0.4) is 0 Å². The Morgan fingerprint density at radius 3 is 2.57 bits per heavy atom. The Hall–Kier alpha value is -2.88. The molecule has 1 amide bonds. The number of methoxy groups -OCH3 is 2. The van der Waals surface area contributed by atoms with Gasteiger partial charge in [0.05, 0.1) is 32.0 Å². The molecule has 3 aromatic rings. The summed E-state index contributed by atoms with van der Waals surface area (Å²) in [6, 6.07) is 11.3. The smallest absolute Gasteiger partial charge is 0.228 e. The molecular formula is C20H17IN4O3. The first-order valence-corrected chi connectivity index (χ1v) is 9.59. The Morgan fingerprint density at radius 1 is 1.11 bits per heavy atom.